The Bertz CT molecular complexity index is 868. The van der Waals surface area contributed by atoms with E-state index in [4.69, 9.17) is 15.2 Å². The van der Waals surface area contributed by atoms with E-state index >= 15 is 0 Å². The first-order valence-corrected chi connectivity index (χ1v) is 8.72. The highest BCUT2D eigenvalue weighted by molar-refractivity contribution is 5.94. The summed E-state index contributed by atoms with van der Waals surface area (Å²) in [4.78, 5) is 3.63. The first-order valence-electron chi connectivity index (χ1n) is 8.72. The van der Waals surface area contributed by atoms with E-state index in [2.05, 4.69) is 30.1 Å². The van der Waals surface area contributed by atoms with Gasteiger partial charge in [-0.15, -0.1) is 0 Å². The summed E-state index contributed by atoms with van der Waals surface area (Å²) in [6.07, 6.45) is 3.04. The molecule has 0 aliphatic rings. The van der Waals surface area contributed by atoms with E-state index in [1.165, 1.54) is 16.5 Å². The molecule has 25 heavy (non-hydrogen) atoms. The summed E-state index contributed by atoms with van der Waals surface area (Å²) in [6, 6.07) is 12.3. The lowest BCUT2D eigenvalue weighted by molar-refractivity contribution is 0.415. The molecule has 4 nitrogen and oxygen atoms in total. The Hall–Kier alpha value is -2.46. The molecule has 3 aromatic rings. The van der Waals surface area contributed by atoms with Crippen LogP contribution in [-0.2, 0) is 6.42 Å². The lowest BCUT2D eigenvalue weighted by Crippen LogP contribution is -1.99. The second-order valence-corrected chi connectivity index (χ2v) is 6.29. The van der Waals surface area contributed by atoms with Gasteiger partial charge in [0.25, 0.3) is 0 Å². The van der Waals surface area contributed by atoms with Gasteiger partial charge in [0.05, 0.1) is 19.9 Å². The fourth-order valence-corrected chi connectivity index (χ4v) is 3.40. The van der Waals surface area contributed by atoms with Gasteiger partial charge in [-0.3, -0.25) is 0 Å². The van der Waals surface area contributed by atoms with E-state index in [9.17, 15) is 0 Å². The maximum Gasteiger partial charge on any atom is 0.128 e. The number of nitrogens with one attached hydrogen (secondary N) is 1. The van der Waals surface area contributed by atoms with Crippen molar-refractivity contribution in [1.82, 2.24) is 4.98 Å². The number of aromatic nitrogens is 1. The van der Waals surface area contributed by atoms with Crippen molar-refractivity contribution in [1.29, 1.82) is 0 Å². The van der Waals surface area contributed by atoms with Crippen molar-refractivity contribution in [2.75, 3.05) is 20.8 Å². The minimum atomic E-state index is 0.717. The molecule has 0 aliphatic carbocycles. The Labute approximate surface area is 149 Å². The summed E-state index contributed by atoms with van der Waals surface area (Å²) in [7, 11) is 3.42. The molecule has 0 saturated heterocycles. The SMILES string of the molecule is COc1cc(C)c2[nH]c(-c3ccccc3OC)c(CCCCN)c2c1. The maximum atomic E-state index is 5.70. The average Bonchev–Trinajstić information content (AvgIpc) is 3.01. The third-order valence-corrected chi connectivity index (χ3v) is 4.68. The number of methoxy groups -OCH3 is 2. The van der Waals surface area contributed by atoms with Crippen molar-refractivity contribution in [3.63, 3.8) is 0 Å². The van der Waals surface area contributed by atoms with E-state index in [0.717, 1.165) is 47.5 Å². The molecule has 0 amide bonds. The van der Waals surface area contributed by atoms with E-state index in [1.807, 2.05) is 18.2 Å². The predicted octanol–water partition coefficient (Wildman–Crippen LogP) is 4.44. The van der Waals surface area contributed by atoms with Crippen molar-refractivity contribution < 1.29 is 9.47 Å². The number of unbranched alkanes of at least 4 members (excludes halogenated alkanes) is 1. The number of para-hydroxylation sites is 1. The summed E-state index contributed by atoms with van der Waals surface area (Å²) in [5.41, 5.74) is 11.5. The summed E-state index contributed by atoms with van der Waals surface area (Å²) < 4.78 is 11.1. The lowest BCUT2D eigenvalue weighted by atomic mass is 9.99. The highest BCUT2D eigenvalue weighted by atomic mass is 16.5. The molecule has 4 heteroatoms. The van der Waals surface area contributed by atoms with Crippen LogP contribution in [0.15, 0.2) is 36.4 Å². The highest BCUT2D eigenvalue weighted by Crippen LogP contribution is 2.38. The third kappa shape index (κ3) is 3.35. The molecule has 132 valence electrons. The lowest BCUT2D eigenvalue weighted by Gasteiger charge is -2.10. The van der Waals surface area contributed by atoms with Crippen LogP contribution in [0.1, 0.15) is 24.0 Å². The molecule has 0 radical (unpaired) electrons. The average molecular weight is 338 g/mol. The maximum absolute atomic E-state index is 5.70. The van der Waals surface area contributed by atoms with Gasteiger partial charge in [-0.05, 0) is 68.1 Å². The molecule has 0 bridgehead atoms. The number of H-pyrrole nitrogens is 1. The molecule has 1 heterocycles. The van der Waals surface area contributed by atoms with Crippen LogP contribution in [0, 0.1) is 6.92 Å². The molecule has 0 fully saturated rings. The number of hydrogen-bond acceptors (Lipinski definition) is 3. The van der Waals surface area contributed by atoms with Gasteiger partial charge in [-0.1, -0.05) is 12.1 Å². The Kier molecular flexibility index (Phi) is 5.29. The van der Waals surface area contributed by atoms with Crippen LogP contribution in [0.5, 0.6) is 11.5 Å². The number of nitrogens with two attached hydrogens (primary N) is 1. The quantitative estimate of drug-likeness (QED) is 0.626. The van der Waals surface area contributed by atoms with Gasteiger partial charge in [-0.2, -0.15) is 0 Å². The van der Waals surface area contributed by atoms with E-state index < -0.39 is 0 Å². The Morgan fingerprint density at radius 3 is 2.56 bits per heavy atom. The van der Waals surface area contributed by atoms with Crippen molar-refractivity contribution in [3.05, 3.63) is 47.5 Å². The molecule has 2 aromatic carbocycles. The van der Waals surface area contributed by atoms with Crippen LogP contribution in [0.4, 0.5) is 0 Å². The molecule has 0 atom stereocenters. The number of hydrogen-bond donors (Lipinski definition) is 2. The Morgan fingerprint density at radius 1 is 1.04 bits per heavy atom. The van der Waals surface area contributed by atoms with Gasteiger partial charge in [-0.25, -0.2) is 0 Å². The zero-order valence-corrected chi connectivity index (χ0v) is 15.2. The summed E-state index contributed by atoms with van der Waals surface area (Å²) in [6.45, 7) is 2.83. The molecular weight excluding hydrogens is 312 g/mol. The van der Waals surface area contributed by atoms with E-state index in [-0.39, 0.29) is 0 Å². The zero-order chi connectivity index (χ0) is 17.8. The van der Waals surface area contributed by atoms with Gasteiger partial charge < -0.3 is 20.2 Å². The number of benzene rings is 2. The summed E-state index contributed by atoms with van der Waals surface area (Å²) in [5.74, 6) is 1.76. The van der Waals surface area contributed by atoms with Crippen LogP contribution in [0.25, 0.3) is 22.2 Å². The van der Waals surface area contributed by atoms with Crippen LogP contribution < -0.4 is 15.2 Å². The predicted molar refractivity (Wildman–Crippen MR) is 104 cm³/mol. The molecule has 0 spiro atoms. The third-order valence-electron chi connectivity index (χ3n) is 4.68. The van der Waals surface area contributed by atoms with Gasteiger partial charge in [0, 0.05) is 16.5 Å². The molecule has 0 aliphatic heterocycles. The largest absolute Gasteiger partial charge is 0.497 e. The number of ether oxygens (including phenoxy) is 2. The summed E-state index contributed by atoms with van der Waals surface area (Å²) in [5, 5.41) is 1.22. The van der Waals surface area contributed by atoms with Crippen molar-refractivity contribution in [2.24, 2.45) is 5.73 Å². The van der Waals surface area contributed by atoms with Gasteiger partial charge in [0.15, 0.2) is 0 Å². The van der Waals surface area contributed by atoms with Gasteiger partial charge in [0.2, 0.25) is 0 Å². The first kappa shape index (κ1) is 17.4. The second kappa shape index (κ2) is 7.62. The van der Waals surface area contributed by atoms with Gasteiger partial charge >= 0.3 is 0 Å². The van der Waals surface area contributed by atoms with Gasteiger partial charge in [0.1, 0.15) is 11.5 Å². The zero-order valence-electron chi connectivity index (χ0n) is 15.2. The number of fused-ring (bicyclic) bond motifs is 1. The minimum absolute atomic E-state index is 0.717. The van der Waals surface area contributed by atoms with Crippen molar-refractivity contribution >= 4 is 10.9 Å². The normalized spacial score (nSPS) is 11.0. The smallest absolute Gasteiger partial charge is 0.128 e. The summed E-state index contributed by atoms with van der Waals surface area (Å²) >= 11 is 0. The standard InChI is InChI=1S/C21H26N2O2/c1-14-12-15(24-2)13-18-16(8-6-7-11-22)21(23-20(14)18)17-9-4-5-10-19(17)25-3/h4-5,9-10,12-13,23H,6-8,11,22H2,1-3H3. The van der Waals surface area contributed by atoms with Crippen LogP contribution in [0.3, 0.4) is 0 Å². The van der Waals surface area contributed by atoms with Crippen LogP contribution in [-0.4, -0.2) is 25.7 Å². The van der Waals surface area contributed by atoms with Crippen molar-refractivity contribution in [2.45, 2.75) is 26.2 Å². The molecule has 3 N–H and O–H groups in total. The van der Waals surface area contributed by atoms with E-state index in [1.54, 1.807) is 14.2 Å². The number of rotatable bonds is 7. The number of aryl methyl sites for hydroxylation is 2. The Morgan fingerprint density at radius 2 is 1.84 bits per heavy atom. The first-order chi connectivity index (χ1) is 12.2. The van der Waals surface area contributed by atoms with Crippen LogP contribution >= 0.6 is 0 Å². The monoisotopic (exact) mass is 338 g/mol. The molecule has 3 rings (SSSR count). The molecular formula is C21H26N2O2. The Balaban J connectivity index is 2.22. The van der Waals surface area contributed by atoms with E-state index in [0.29, 0.717) is 6.54 Å². The number of aromatic amines is 1. The minimum Gasteiger partial charge on any atom is -0.497 e. The fourth-order valence-electron chi connectivity index (χ4n) is 3.40. The molecule has 0 unspecified atom stereocenters. The highest BCUT2D eigenvalue weighted by Gasteiger charge is 2.17. The van der Waals surface area contributed by atoms with Crippen LogP contribution in [0.2, 0.25) is 0 Å². The fraction of sp³-hybridized carbons (Fsp3) is 0.333. The second-order valence-electron chi connectivity index (χ2n) is 6.29. The molecule has 0 saturated carbocycles. The molecule has 1 aromatic heterocycles. The van der Waals surface area contributed by atoms with Crippen molar-refractivity contribution in [3.8, 4) is 22.8 Å². The topological polar surface area (TPSA) is 60.3 Å².